The number of rotatable bonds is 5. The molecule has 100 valence electrons. The van der Waals surface area contributed by atoms with Crippen LogP contribution < -0.4 is 0 Å². The van der Waals surface area contributed by atoms with Crippen molar-refractivity contribution in [2.45, 2.75) is 38.5 Å². The van der Waals surface area contributed by atoms with Gasteiger partial charge < -0.3 is 9.47 Å². The number of carbonyl (C=O) groups excluding carboxylic acids is 1. The first-order valence-electron chi connectivity index (χ1n) is 6.32. The van der Waals surface area contributed by atoms with Crippen molar-refractivity contribution in [1.29, 1.82) is 0 Å². The molecule has 4 nitrogen and oxygen atoms in total. The van der Waals surface area contributed by atoms with Crippen LogP contribution in [0.25, 0.3) is 0 Å². The van der Waals surface area contributed by atoms with E-state index in [4.69, 9.17) is 9.47 Å². The molecule has 0 N–H and O–H groups in total. The summed E-state index contributed by atoms with van der Waals surface area (Å²) in [5.41, 5.74) is 0.941. The van der Waals surface area contributed by atoms with Gasteiger partial charge in [0.1, 0.15) is 5.92 Å². The molecule has 0 spiro atoms. The number of aromatic nitrogens is 1. The van der Waals surface area contributed by atoms with E-state index >= 15 is 0 Å². The van der Waals surface area contributed by atoms with Gasteiger partial charge in [-0.05, 0) is 19.8 Å². The molecule has 1 aliphatic rings. The highest BCUT2D eigenvalue weighted by molar-refractivity contribution is 7.11. The molecule has 1 aromatic rings. The van der Waals surface area contributed by atoms with Crippen LogP contribution in [-0.2, 0) is 20.7 Å². The van der Waals surface area contributed by atoms with Crippen molar-refractivity contribution in [3.05, 3.63) is 15.6 Å². The number of esters is 1. The molecule has 0 saturated carbocycles. The number of methoxy groups -OCH3 is 1. The van der Waals surface area contributed by atoms with E-state index in [0.717, 1.165) is 23.5 Å². The molecule has 1 heterocycles. The summed E-state index contributed by atoms with van der Waals surface area (Å²) < 4.78 is 10.2. The van der Waals surface area contributed by atoms with E-state index in [0.29, 0.717) is 13.2 Å². The zero-order chi connectivity index (χ0) is 13.1. The Morgan fingerprint density at radius 3 is 3.06 bits per heavy atom. The Morgan fingerprint density at radius 1 is 1.61 bits per heavy atom. The summed E-state index contributed by atoms with van der Waals surface area (Å²) >= 11 is 1.71. The van der Waals surface area contributed by atoms with Gasteiger partial charge in [-0.2, -0.15) is 0 Å². The molecular weight excluding hydrogens is 250 g/mol. The maximum atomic E-state index is 11.8. The third kappa shape index (κ3) is 2.57. The van der Waals surface area contributed by atoms with Gasteiger partial charge in [-0.15, -0.1) is 11.3 Å². The van der Waals surface area contributed by atoms with Crippen molar-refractivity contribution in [1.82, 2.24) is 4.98 Å². The molecule has 0 radical (unpaired) electrons. The van der Waals surface area contributed by atoms with E-state index in [1.165, 1.54) is 4.88 Å². The van der Waals surface area contributed by atoms with E-state index in [1.807, 2.05) is 6.92 Å². The summed E-state index contributed by atoms with van der Waals surface area (Å²) in [6.07, 6.45) is 1.78. The molecule has 5 heteroatoms. The average Bonchev–Trinajstić information content (AvgIpc) is 2.88. The number of aryl methyl sites for hydroxylation is 1. The average molecular weight is 269 g/mol. The zero-order valence-corrected chi connectivity index (χ0v) is 11.9. The van der Waals surface area contributed by atoms with E-state index in [9.17, 15) is 4.79 Å². The number of thiazole rings is 1. The molecule has 0 aromatic carbocycles. The van der Waals surface area contributed by atoms with E-state index in [-0.39, 0.29) is 17.8 Å². The van der Waals surface area contributed by atoms with E-state index < -0.39 is 0 Å². The Hall–Kier alpha value is -0.940. The standard InChI is InChI=1S/C13H19NO3S/c1-4-17-13(15)9-5-6-10-11(9)14-12(18-10)8(2)7-16-3/h8-9H,4-7H2,1-3H3. The van der Waals surface area contributed by atoms with E-state index in [2.05, 4.69) is 11.9 Å². The highest BCUT2D eigenvalue weighted by Gasteiger charge is 2.34. The summed E-state index contributed by atoms with van der Waals surface area (Å²) in [5, 5.41) is 1.07. The highest BCUT2D eigenvalue weighted by atomic mass is 32.1. The molecule has 2 unspecified atom stereocenters. The van der Waals surface area contributed by atoms with Gasteiger partial charge in [0.25, 0.3) is 0 Å². The lowest BCUT2D eigenvalue weighted by Gasteiger charge is -2.09. The van der Waals surface area contributed by atoms with Crippen molar-refractivity contribution < 1.29 is 14.3 Å². The van der Waals surface area contributed by atoms with Gasteiger partial charge in [-0.1, -0.05) is 6.92 Å². The topological polar surface area (TPSA) is 48.4 Å². The van der Waals surface area contributed by atoms with Gasteiger partial charge in [0.2, 0.25) is 0 Å². The number of hydrogen-bond acceptors (Lipinski definition) is 5. The molecular formula is C13H19NO3S. The van der Waals surface area contributed by atoms with Crippen molar-refractivity contribution >= 4 is 17.3 Å². The van der Waals surface area contributed by atoms with Crippen LogP contribution in [0.4, 0.5) is 0 Å². The molecule has 0 saturated heterocycles. The number of ether oxygens (including phenoxy) is 2. The quantitative estimate of drug-likeness (QED) is 0.771. The molecule has 1 aliphatic carbocycles. The molecule has 2 atom stereocenters. The monoisotopic (exact) mass is 269 g/mol. The summed E-state index contributed by atoms with van der Waals surface area (Å²) in [6.45, 7) is 5.02. The van der Waals surface area contributed by atoms with Crippen LogP contribution >= 0.6 is 11.3 Å². The van der Waals surface area contributed by atoms with Crippen LogP contribution in [0.1, 0.15) is 47.7 Å². The molecule has 1 aromatic heterocycles. The van der Waals surface area contributed by atoms with Crippen molar-refractivity contribution in [3.8, 4) is 0 Å². The minimum atomic E-state index is -0.153. The van der Waals surface area contributed by atoms with Gasteiger partial charge in [0.15, 0.2) is 0 Å². The number of hydrogen-bond donors (Lipinski definition) is 0. The number of fused-ring (bicyclic) bond motifs is 1. The van der Waals surface area contributed by atoms with Gasteiger partial charge in [-0.25, -0.2) is 4.98 Å². The van der Waals surface area contributed by atoms with Crippen LogP contribution in [0, 0.1) is 0 Å². The Labute approximate surface area is 111 Å². The molecule has 0 fully saturated rings. The largest absolute Gasteiger partial charge is 0.465 e. The Balaban J connectivity index is 2.15. The van der Waals surface area contributed by atoms with Crippen LogP contribution in [-0.4, -0.2) is 31.3 Å². The first-order valence-corrected chi connectivity index (χ1v) is 7.14. The lowest BCUT2D eigenvalue weighted by atomic mass is 10.1. The maximum Gasteiger partial charge on any atom is 0.315 e. The zero-order valence-electron chi connectivity index (χ0n) is 11.1. The fraction of sp³-hybridized carbons (Fsp3) is 0.692. The van der Waals surface area contributed by atoms with Crippen LogP contribution in [0.15, 0.2) is 0 Å². The number of carbonyl (C=O) groups is 1. The van der Waals surface area contributed by atoms with Crippen molar-refractivity contribution in [2.24, 2.45) is 0 Å². The number of nitrogens with zero attached hydrogens (tertiary/aromatic N) is 1. The summed E-state index contributed by atoms with van der Waals surface area (Å²) in [5.74, 6) is 0.000588. The summed E-state index contributed by atoms with van der Waals surface area (Å²) in [6, 6.07) is 0. The predicted molar refractivity (Wildman–Crippen MR) is 70.1 cm³/mol. The minimum Gasteiger partial charge on any atom is -0.465 e. The van der Waals surface area contributed by atoms with Gasteiger partial charge >= 0.3 is 5.97 Å². The Morgan fingerprint density at radius 2 is 2.39 bits per heavy atom. The van der Waals surface area contributed by atoms with Crippen molar-refractivity contribution in [2.75, 3.05) is 20.3 Å². The van der Waals surface area contributed by atoms with Crippen LogP contribution in [0.2, 0.25) is 0 Å². The highest BCUT2D eigenvalue weighted by Crippen LogP contribution is 2.39. The molecule has 2 rings (SSSR count). The Kier molecular flexibility index (Phi) is 4.35. The molecule has 0 bridgehead atoms. The lowest BCUT2D eigenvalue weighted by molar-refractivity contribution is -0.145. The fourth-order valence-corrected chi connectivity index (χ4v) is 3.43. The van der Waals surface area contributed by atoms with E-state index in [1.54, 1.807) is 18.4 Å². The molecule has 0 aliphatic heterocycles. The summed E-state index contributed by atoms with van der Waals surface area (Å²) in [4.78, 5) is 17.7. The van der Waals surface area contributed by atoms with Crippen molar-refractivity contribution in [3.63, 3.8) is 0 Å². The Bertz CT molecular complexity index is 430. The lowest BCUT2D eigenvalue weighted by Crippen LogP contribution is -2.14. The fourth-order valence-electron chi connectivity index (χ4n) is 2.25. The predicted octanol–water partition coefficient (Wildman–Crippen LogP) is 2.49. The van der Waals surface area contributed by atoms with Gasteiger partial charge in [0.05, 0.1) is 23.9 Å². The molecule has 18 heavy (non-hydrogen) atoms. The summed E-state index contributed by atoms with van der Waals surface area (Å²) in [7, 11) is 1.69. The van der Waals surface area contributed by atoms with Gasteiger partial charge in [0, 0.05) is 17.9 Å². The first kappa shape index (κ1) is 13.5. The van der Waals surface area contributed by atoms with Crippen LogP contribution in [0.5, 0.6) is 0 Å². The third-order valence-electron chi connectivity index (χ3n) is 3.14. The third-order valence-corrected chi connectivity index (χ3v) is 4.51. The second-order valence-corrected chi connectivity index (χ2v) is 5.68. The molecule has 0 amide bonds. The maximum absolute atomic E-state index is 11.8. The van der Waals surface area contributed by atoms with Gasteiger partial charge in [-0.3, -0.25) is 4.79 Å². The van der Waals surface area contributed by atoms with Crippen LogP contribution in [0.3, 0.4) is 0 Å². The normalized spacial score (nSPS) is 19.6. The smallest absolute Gasteiger partial charge is 0.315 e. The second kappa shape index (κ2) is 5.80. The first-order chi connectivity index (χ1) is 8.67. The minimum absolute atomic E-state index is 0.132. The second-order valence-electron chi connectivity index (χ2n) is 4.56. The SMILES string of the molecule is CCOC(=O)C1CCc2sc(C(C)COC)nc21.